The molecule has 1 aromatic carbocycles. The summed E-state index contributed by atoms with van der Waals surface area (Å²) in [5.41, 5.74) is 0.325. The summed E-state index contributed by atoms with van der Waals surface area (Å²) >= 11 is 6.08. The van der Waals surface area contributed by atoms with Gasteiger partial charge in [0, 0.05) is 29.9 Å². The van der Waals surface area contributed by atoms with Crippen molar-refractivity contribution in [2.75, 3.05) is 6.54 Å². The summed E-state index contributed by atoms with van der Waals surface area (Å²) in [6.07, 6.45) is 1.76. The summed E-state index contributed by atoms with van der Waals surface area (Å²) in [7, 11) is 0. The van der Waals surface area contributed by atoms with Gasteiger partial charge in [-0.15, -0.1) is 0 Å². The first kappa shape index (κ1) is 17.1. The van der Waals surface area contributed by atoms with E-state index in [1.165, 1.54) is 0 Å². The van der Waals surface area contributed by atoms with Crippen molar-refractivity contribution < 1.29 is 9.53 Å². The average Bonchev–Trinajstić information content (AvgIpc) is 2.47. The Hall–Kier alpha value is -2.25. The number of pyridine rings is 1. The Balaban J connectivity index is 1.96. The van der Waals surface area contributed by atoms with E-state index in [0.717, 1.165) is 16.3 Å². The molecule has 0 radical (unpaired) electrons. The molecule has 0 saturated carbocycles. The Bertz CT molecular complexity index is 770. The topological polar surface area (TPSA) is 51.2 Å². The van der Waals surface area contributed by atoms with Crippen molar-refractivity contribution in [3.05, 3.63) is 41.2 Å². The van der Waals surface area contributed by atoms with Crippen molar-refractivity contribution in [3.8, 4) is 11.8 Å². The van der Waals surface area contributed by atoms with Crippen LogP contribution in [0.2, 0.25) is 5.15 Å². The predicted octanol–water partition coefficient (Wildman–Crippen LogP) is 4.15. The number of benzene rings is 1. The molecule has 1 heterocycles. The predicted molar refractivity (Wildman–Crippen MR) is 92.5 cm³/mol. The Morgan fingerprint density at radius 3 is 2.70 bits per heavy atom. The molecule has 0 aliphatic heterocycles. The second-order valence-corrected chi connectivity index (χ2v) is 6.35. The number of hydrogen-bond donors (Lipinski definition) is 1. The number of alkyl carbamates (subject to hydrolysis) is 1. The third-order valence-corrected chi connectivity index (χ3v) is 3.19. The lowest BCUT2D eigenvalue weighted by molar-refractivity contribution is 0.0529. The lowest BCUT2D eigenvalue weighted by Crippen LogP contribution is -2.32. The highest BCUT2D eigenvalue weighted by Gasteiger charge is 2.15. The second-order valence-electron chi connectivity index (χ2n) is 5.99. The fourth-order valence-electron chi connectivity index (χ4n) is 1.96. The highest BCUT2D eigenvalue weighted by atomic mass is 35.5. The highest BCUT2D eigenvalue weighted by molar-refractivity contribution is 6.34. The molecule has 0 bridgehead atoms. The number of amides is 1. The number of halogens is 1. The first-order chi connectivity index (χ1) is 10.9. The minimum absolute atomic E-state index is 0.431. The minimum atomic E-state index is -0.496. The number of ether oxygens (including phenoxy) is 1. The van der Waals surface area contributed by atoms with Gasteiger partial charge < -0.3 is 10.1 Å². The van der Waals surface area contributed by atoms with Gasteiger partial charge in [-0.1, -0.05) is 47.7 Å². The minimum Gasteiger partial charge on any atom is -0.444 e. The van der Waals surface area contributed by atoms with Crippen molar-refractivity contribution in [2.45, 2.75) is 32.8 Å². The van der Waals surface area contributed by atoms with Crippen molar-refractivity contribution in [3.63, 3.8) is 0 Å². The van der Waals surface area contributed by atoms with E-state index < -0.39 is 11.7 Å². The van der Waals surface area contributed by atoms with E-state index in [1.54, 1.807) is 6.20 Å². The molecule has 0 aliphatic rings. The highest BCUT2D eigenvalue weighted by Crippen LogP contribution is 2.23. The van der Waals surface area contributed by atoms with Crippen LogP contribution in [0.3, 0.4) is 0 Å². The van der Waals surface area contributed by atoms with Crippen LogP contribution < -0.4 is 5.32 Å². The summed E-state index contributed by atoms with van der Waals surface area (Å²) in [6.45, 7) is 5.90. The number of carbonyl (C=O) groups excluding carboxylic acids is 1. The molecule has 0 fully saturated rings. The van der Waals surface area contributed by atoms with Gasteiger partial charge in [-0.05, 0) is 20.8 Å². The monoisotopic (exact) mass is 330 g/mol. The third-order valence-electron chi connectivity index (χ3n) is 2.89. The van der Waals surface area contributed by atoms with Crippen LogP contribution in [-0.2, 0) is 4.74 Å². The van der Waals surface area contributed by atoms with Crippen LogP contribution in [0.15, 0.2) is 30.5 Å². The summed E-state index contributed by atoms with van der Waals surface area (Å²) < 4.78 is 5.15. The summed E-state index contributed by atoms with van der Waals surface area (Å²) in [6, 6.07) is 7.73. The standard InChI is InChI=1S/C18H19ClN2O2/c1-18(2,3)23-17(22)20-11-7-6-8-13-12-21-16(19)15-10-5-4-9-14(13)15/h4-5,9-10,12H,7,11H2,1-3H3,(H,20,22). The molecule has 0 aliphatic carbocycles. The van der Waals surface area contributed by atoms with Crippen LogP contribution in [0.25, 0.3) is 10.8 Å². The molecule has 0 atom stereocenters. The van der Waals surface area contributed by atoms with Gasteiger partial charge >= 0.3 is 6.09 Å². The Morgan fingerprint density at radius 2 is 2.00 bits per heavy atom. The quantitative estimate of drug-likeness (QED) is 0.511. The van der Waals surface area contributed by atoms with Crippen LogP contribution in [0, 0.1) is 11.8 Å². The molecular formula is C18H19ClN2O2. The Labute approximate surface area is 141 Å². The molecule has 1 N–H and O–H groups in total. The Morgan fingerprint density at radius 1 is 1.30 bits per heavy atom. The number of nitrogens with one attached hydrogen (secondary N) is 1. The molecule has 1 aromatic heterocycles. The number of fused-ring (bicyclic) bond motifs is 1. The normalized spacial score (nSPS) is 10.8. The van der Waals surface area contributed by atoms with E-state index in [1.807, 2.05) is 45.0 Å². The maximum Gasteiger partial charge on any atom is 0.407 e. The van der Waals surface area contributed by atoms with E-state index in [-0.39, 0.29) is 0 Å². The SMILES string of the molecule is CC(C)(C)OC(=O)NCCC#Cc1cnc(Cl)c2ccccc12. The lowest BCUT2D eigenvalue weighted by atomic mass is 10.1. The van der Waals surface area contributed by atoms with Crippen molar-refractivity contribution in [2.24, 2.45) is 0 Å². The molecule has 5 heteroatoms. The van der Waals surface area contributed by atoms with Crippen LogP contribution >= 0.6 is 11.6 Å². The molecule has 1 amide bonds. The van der Waals surface area contributed by atoms with Gasteiger partial charge in [-0.3, -0.25) is 0 Å². The molecule has 2 rings (SSSR count). The smallest absolute Gasteiger partial charge is 0.407 e. The van der Waals surface area contributed by atoms with Crippen LogP contribution in [0.5, 0.6) is 0 Å². The second kappa shape index (κ2) is 7.34. The Kier molecular flexibility index (Phi) is 5.46. The van der Waals surface area contributed by atoms with Gasteiger partial charge in [0.1, 0.15) is 10.8 Å². The van der Waals surface area contributed by atoms with Gasteiger partial charge in [0.2, 0.25) is 0 Å². The number of hydrogen-bond acceptors (Lipinski definition) is 3. The van der Waals surface area contributed by atoms with Crippen LogP contribution in [0.4, 0.5) is 4.79 Å². The number of rotatable bonds is 2. The molecule has 0 unspecified atom stereocenters. The third kappa shape index (κ3) is 5.15. The van der Waals surface area contributed by atoms with Crippen molar-refractivity contribution in [1.82, 2.24) is 10.3 Å². The fourth-order valence-corrected chi connectivity index (χ4v) is 2.17. The zero-order valence-electron chi connectivity index (χ0n) is 13.4. The van der Waals surface area contributed by atoms with Gasteiger partial charge in [-0.25, -0.2) is 9.78 Å². The molecule has 0 spiro atoms. The molecular weight excluding hydrogens is 312 g/mol. The van der Waals surface area contributed by atoms with Crippen LogP contribution in [0.1, 0.15) is 32.8 Å². The van der Waals surface area contributed by atoms with E-state index in [0.29, 0.717) is 18.1 Å². The zero-order valence-corrected chi connectivity index (χ0v) is 14.2. The maximum absolute atomic E-state index is 11.5. The number of carbonyl (C=O) groups is 1. The molecule has 2 aromatic rings. The number of aromatic nitrogens is 1. The van der Waals surface area contributed by atoms with E-state index >= 15 is 0 Å². The van der Waals surface area contributed by atoms with Gasteiger partial charge in [0.25, 0.3) is 0 Å². The number of nitrogens with zero attached hydrogens (tertiary/aromatic N) is 1. The van der Waals surface area contributed by atoms with E-state index in [2.05, 4.69) is 22.1 Å². The van der Waals surface area contributed by atoms with Crippen molar-refractivity contribution in [1.29, 1.82) is 0 Å². The summed E-state index contributed by atoms with van der Waals surface area (Å²) in [5, 5.41) is 5.00. The van der Waals surface area contributed by atoms with E-state index in [9.17, 15) is 4.79 Å². The molecule has 4 nitrogen and oxygen atoms in total. The lowest BCUT2D eigenvalue weighted by Gasteiger charge is -2.19. The first-order valence-corrected chi connectivity index (χ1v) is 7.73. The largest absolute Gasteiger partial charge is 0.444 e. The molecule has 23 heavy (non-hydrogen) atoms. The average molecular weight is 331 g/mol. The van der Waals surface area contributed by atoms with Crippen molar-refractivity contribution >= 4 is 28.5 Å². The summed E-state index contributed by atoms with van der Waals surface area (Å²) in [5.74, 6) is 6.10. The zero-order chi connectivity index (χ0) is 16.9. The summed E-state index contributed by atoms with van der Waals surface area (Å²) in [4.78, 5) is 15.6. The van der Waals surface area contributed by atoms with E-state index in [4.69, 9.17) is 16.3 Å². The van der Waals surface area contributed by atoms with Gasteiger partial charge in [0.05, 0.1) is 5.56 Å². The molecule has 120 valence electrons. The first-order valence-electron chi connectivity index (χ1n) is 7.36. The van der Waals surface area contributed by atoms with Gasteiger partial charge in [0.15, 0.2) is 0 Å². The van der Waals surface area contributed by atoms with Gasteiger partial charge in [-0.2, -0.15) is 0 Å². The molecule has 0 saturated heterocycles. The maximum atomic E-state index is 11.5. The fraction of sp³-hybridized carbons (Fsp3) is 0.333. The van der Waals surface area contributed by atoms with Crippen LogP contribution in [-0.4, -0.2) is 23.2 Å².